The van der Waals surface area contributed by atoms with Gasteiger partial charge in [-0.25, -0.2) is 4.79 Å². The van der Waals surface area contributed by atoms with Crippen molar-refractivity contribution in [3.05, 3.63) is 34.9 Å². The number of carbonyl (C=O) groups excluding carboxylic acids is 1. The summed E-state index contributed by atoms with van der Waals surface area (Å²) in [5, 5.41) is 16.7. The molecule has 0 aliphatic carbocycles. The lowest BCUT2D eigenvalue weighted by atomic mass is 9.95. The highest BCUT2D eigenvalue weighted by molar-refractivity contribution is 6.31. The highest BCUT2D eigenvalue weighted by atomic mass is 35.5. The number of hydrogen-bond acceptors (Lipinski definition) is 3. The number of carboxylic acid groups (broad SMARTS) is 1. The summed E-state index contributed by atoms with van der Waals surface area (Å²) in [6.07, 6.45) is -6.73. The van der Waals surface area contributed by atoms with Gasteiger partial charge in [0.2, 0.25) is 0 Å². The summed E-state index contributed by atoms with van der Waals surface area (Å²) in [6, 6.07) is 1.99. The van der Waals surface area contributed by atoms with Crippen LogP contribution in [-0.2, 0) is 15.8 Å². The predicted octanol–water partition coefficient (Wildman–Crippen LogP) is 2.69. The van der Waals surface area contributed by atoms with Crippen LogP contribution in [0.3, 0.4) is 0 Å². The third-order valence-corrected chi connectivity index (χ3v) is 3.11. The molecule has 0 heterocycles. The van der Waals surface area contributed by atoms with E-state index in [0.717, 1.165) is 13.0 Å². The molecule has 2 unspecified atom stereocenters. The van der Waals surface area contributed by atoms with Crippen molar-refractivity contribution >= 4 is 23.4 Å². The van der Waals surface area contributed by atoms with Gasteiger partial charge in [-0.1, -0.05) is 6.07 Å². The second-order valence-electron chi connectivity index (χ2n) is 4.06. The maximum atomic E-state index is 12.6. The van der Waals surface area contributed by atoms with E-state index in [1.807, 2.05) is 0 Å². The molecule has 0 radical (unpaired) electrons. The van der Waals surface area contributed by atoms with Gasteiger partial charge in [-0.05, 0) is 30.2 Å². The zero-order valence-electron chi connectivity index (χ0n) is 10.1. The molecule has 0 amide bonds. The molecule has 2 N–H and O–H groups in total. The van der Waals surface area contributed by atoms with Crippen LogP contribution in [0.2, 0.25) is 0 Å². The molecule has 110 valence electrons. The summed E-state index contributed by atoms with van der Waals surface area (Å²) < 4.78 is 37.9. The van der Waals surface area contributed by atoms with Crippen LogP contribution in [0.15, 0.2) is 18.2 Å². The minimum Gasteiger partial charge on any atom is -0.479 e. The molecule has 0 bridgehead atoms. The molecule has 0 aromatic heterocycles. The molecular weight excluding hydrogens is 301 g/mol. The van der Waals surface area contributed by atoms with Crippen LogP contribution in [0.4, 0.5) is 13.2 Å². The average molecular weight is 311 g/mol. The monoisotopic (exact) mass is 310 g/mol. The molecule has 4 nitrogen and oxygen atoms in total. The maximum absolute atomic E-state index is 12.6. The number of halogens is 4. The van der Waals surface area contributed by atoms with E-state index in [9.17, 15) is 27.9 Å². The summed E-state index contributed by atoms with van der Waals surface area (Å²) in [4.78, 5) is 21.9. The first kappa shape index (κ1) is 16.5. The summed E-state index contributed by atoms with van der Waals surface area (Å²) in [5.41, 5.74) is -1.80. The van der Waals surface area contributed by atoms with E-state index in [0.29, 0.717) is 12.1 Å². The normalized spacial score (nSPS) is 14.7. The van der Waals surface area contributed by atoms with E-state index in [-0.39, 0.29) is 11.1 Å². The van der Waals surface area contributed by atoms with Crippen LogP contribution < -0.4 is 0 Å². The number of aliphatic carboxylic acids is 1. The zero-order valence-corrected chi connectivity index (χ0v) is 10.9. The van der Waals surface area contributed by atoms with Crippen molar-refractivity contribution < 1.29 is 33.0 Å². The number of hydrogen-bond donors (Lipinski definition) is 2. The van der Waals surface area contributed by atoms with E-state index in [4.69, 9.17) is 16.7 Å². The van der Waals surface area contributed by atoms with Crippen LogP contribution in [0.25, 0.3) is 0 Å². The Labute approximate surface area is 116 Å². The van der Waals surface area contributed by atoms with Crippen LogP contribution in [0, 0.1) is 0 Å². The Morgan fingerprint density at radius 2 is 1.80 bits per heavy atom. The third-order valence-electron chi connectivity index (χ3n) is 2.57. The number of ketones is 1. The lowest BCUT2D eigenvalue weighted by Crippen LogP contribution is -2.17. The van der Waals surface area contributed by atoms with Crippen molar-refractivity contribution in [3.8, 4) is 0 Å². The fourth-order valence-corrected chi connectivity index (χ4v) is 1.76. The van der Waals surface area contributed by atoms with Gasteiger partial charge in [0.15, 0.2) is 11.9 Å². The van der Waals surface area contributed by atoms with Crippen LogP contribution in [0.5, 0.6) is 0 Å². The van der Waals surface area contributed by atoms with Gasteiger partial charge < -0.3 is 10.2 Å². The summed E-state index contributed by atoms with van der Waals surface area (Å²) >= 11 is 5.70. The van der Waals surface area contributed by atoms with E-state index < -0.39 is 35.0 Å². The first-order valence-corrected chi connectivity index (χ1v) is 5.75. The van der Waals surface area contributed by atoms with Gasteiger partial charge in [0, 0.05) is 0 Å². The molecule has 0 aliphatic heterocycles. The second kappa shape index (κ2) is 5.80. The number of aliphatic hydroxyl groups is 1. The quantitative estimate of drug-likeness (QED) is 0.839. The first-order chi connectivity index (χ1) is 9.05. The number of rotatable bonds is 4. The minimum absolute atomic E-state index is 0.347. The predicted molar refractivity (Wildman–Crippen MR) is 63.3 cm³/mol. The highest BCUT2D eigenvalue weighted by Gasteiger charge is 2.33. The Morgan fingerprint density at radius 1 is 1.25 bits per heavy atom. The van der Waals surface area contributed by atoms with Gasteiger partial charge in [0.1, 0.15) is 5.38 Å². The fraction of sp³-hybridized carbons (Fsp3) is 0.333. The maximum Gasteiger partial charge on any atom is 0.416 e. The Bertz CT molecular complexity index is 542. The first-order valence-electron chi connectivity index (χ1n) is 5.32. The van der Waals surface area contributed by atoms with Crippen LogP contribution in [0.1, 0.15) is 35.1 Å². The van der Waals surface area contributed by atoms with Crippen molar-refractivity contribution in [1.29, 1.82) is 0 Å². The Hall–Kier alpha value is -1.60. The molecule has 0 spiro atoms. The number of alkyl halides is 4. The van der Waals surface area contributed by atoms with Gasteiger partial charge in [0.05, 0.1) is 5.56 Å². The Morgan fingerprint density at radius 3 is 2.20 bits per heavy atom. The number of carbonyl (C=O) groups is 2. The molecule has 0 aliphatic rings. The second-order valence-corrected chi connectivity index (χ2v) is 4.49. The molecular formula is C12H10ClF3O4. The molecule has 1 aromatic rings. The molecule has 20 heavy (non-hydrogen) atoms. The molecule has 8 heteroatoms. The van der Waals surface area contributed by atoms with Crippen LogP contribution in [-0.4, -0.2) is 22.0 Å². The number of benzene rings is 1. The fourth-order valence-electron chi connectivity index (χ4n) is 1.57. The van der Waals surface area contributed by atoms with Gasteiger partial charge in [-0.15, -0.1) is 11.6 Å². The molecule has 0 saturated carbocycles. The number of Topliss-reactive ketones (excluding diaryl/α,β-unsaturated/α-hetero) is 1. The van der Waals surface area contributed by atoms with E-state index in [1.54, 1.807) is 0 Å². The van der Waals surface area contributed by atoms with Gasteiger partial charge in [-0.3, -0.25) is 4.79 Å². The largest absolute Gasteiger partial charge is 0.479 e. The minimum atomic E-state index is -4.67. The summed E-state index contributed by atoms with van der Waals surface area (Å²) in [6.45, 7) is 1.05. The van der Waals surface area contributed by atoms with E-state index in [1.165, 1.54) is 0 Å². The molecule has 0 saturated heterocycles. The lowest BCUT2D eigenvalue weighted by molar-refractivity contribution is -0.147. The molecule has 0 fully saturated rings. The Balaban J connectivity index is 3.46. The van der Waals surface area contributed by atoms with Crippen molar-refractivity contribution in [2.24, 2.45) is 0 Å². The van der Waals surface area contributed by atoms with Gasteiger partial charge in [0.25, 0.3) is 0 Å². The molecule has 1 rings (SSSR count). The zero-order chi connectivity index (χ0) is 15.7. The Kier molecular flexibility index (Phi) is 4.77. The average Bonchev–Trinajstić information content (AvgIpc) is 2.34. The smallest absolute Gasteiger partial charge is 0.416 e. The summed E-state index contributed by atoms with van der Waals surface area (Å²) in [7, 11) is 0. The van der Waals surface area contributed by atoms with Crippen molar-refractivity contribution in [1.82, 2.24) is 0 Å². The topological polar surface area (TPSA) is 74.6 Å². The van der Waals surface area contributed by atoms with Crippen LogP contribution >= 0.6 is 11.6 Å². The molecule has 2 atom stereocenters. The SMILES string of the molecule is CC(=O)C(Cl)c1cc(C(F)(F)F)ccc1C(O)C(=O)O. The highest BCUT2D eigenvalue weighted by Crippen LogP contribution is 2.36. The van der Waals surface area contributed by atoms with Crippen molar-refractivity contribution in [3.63, 3.8) is 0 Å². The lowest BCUT2D eigenvalue weighted by Gasteiger charge is -2.17. The summed E-state index contributed by atoms with van der Waals surface area (Å²) in [5.74, 6) is -2.32. The van der Waals surface area contributed by atoms with Crippen molar-refractivity contribution in [2.45, 2.75) is 24.6 Å². The van der Waals surface area contributed by atoms with Gasteiger partial charge >= 0.3 is 12.1 Å². The van der Waals surface area contributed by atoms with Crippen molar-refractivity contribution in [2.75, 3.05) is 0 Å². The molecule has 1 aromatic carbocycles. The van der Waals surface area contributed by atoms with Gasteiger partial charge in [-0.2, -0.15) is 13.2 Å². The standard InChI is InChI=1S/C12H10ClF3O4/c1-5(17)9(13)8-4-6(12(14,15)16)2-3-7(8)10(18)11(19)20/h2-4,9-10,18H,1H3,(H,19,20). The number of carboxylic acids is 1. The number of aliphatic hydroxyl groups excluding tert-OH is 1. The van der Waals surface area contributed by atoms with E-state index >= 15 is 0 Å². The third kappa shape index (κ3) is 3.49. The van der Waals surface area contributed by atoms with E-state index in [2.05, 4.69) is 0 Å².